The Morgan fingerprint density at radius 2 is 1.92 bits per heavy atom. The van der Waals surface area contributed by atoms with E-state index >= 15 is 0 Å². The Hall–Kier alpha value is -0.150. The van der Waals surface area contributed by atoms with Crippen LogP contribution in [0.1, 0.15) is 0 Å². The summed E-state index contributed by atoms with van der Waals surface area (Å²) in [6.45, 7) is 0. The molecule has 0 aliphatic heterocycles. The zero-order valence-electron chi connectivity index (χ0n) is 7.36. The van der Waals surface area contributed by atoms with Gasteiger partial charge in [-0.1, -0.05) is 22.0 Å². The Bertz CT molecular complexity index is 332. The van der Waals surface area contributed by atoms with Crippen molar-refractivity contribution < 1.29 is 13.6 Å². The van der Waals surface area contributed by atoms with Crippen molar-refractivity contribution in [2.75, 3.05) is 14.2 Å². The summed E-state index contributed by atoms with van der Waals surface area (Å²) in [7, 11) is -0.358. The maximum atomic E-state index is 11.8. The van der Waals surface area contributed by atoms with Crippen LogP contribution < -0.4 is 5.30 Å². The van der Waals surface area contributed by atoms with E-state index in [2.05, 4.69) is 15.9 Å². The molecule has 0 aromatic heterocycles. The van der Waals surface area contributed by atoms with E-state index < -0.39 is 7.60 Å². The van der Waals surface area contributed by atoms with Gasteiger partial charge in [-0.2, -0.15) is 0 Å². The van der Waals surface area contributed by atoms with Crippen LogP contribution in [0.2, 0.25) is 0 Å². The van der Waals surface area contributed by atoms with Crippen molar-refractivity contribution in [2.24, 2.45) is 0 Å². The standard InChI is InChI=1S/C8H10BrO3P/c1-11-13(10,12-2)8-5-3-4-7(9)6-8/h3-6H,1-2H3. The summed E-state index contributed by atoms with van der Waals surface area (Å²) in [6, 6.07) is 7.05. The number of hydrogen-bond acceptors (Lipinski definition) is 3. The molecule has 0 spiro atoms. The molecule has 13 heavy (non-hydrogen) atoms. The highest BCUT2D eigenvalue weighted by Gasteiger charge is 2.23. The number of halogens is 1. The molecule has 0 unspecified atom stereocenters. The third kappa shape index (κ3) is 2.41. The van der Waals surface area contributed by atoms with Crippen molar-refractivity contribution in [3.8, 4) is 0 Å². The van der Waals surface area contributed by atoms with E-state index in [0.29, 0.717) is 5.30 Å². The highest BCUT2D eigenvalue weighted by Crippen LogP contribution is 2.45. The first-order valence-electron chi connectivity index (χ1n) is 3.60. The van der Waals surface area contributed by atoms with Gasteiger partial charge in [0.1, 0.15) is 0 Å². The van der Waals surface area contributed by atoms with Crippen molar-refractivity contribution in [1.82, 2.24) is 0 Å². The van der Waals surface area contributed by atoms with E-state index in [1.807, 2.05) is 6.07 Å². The molecular weight excluding hydrogens is 255 g/mol. The molecule has 0 aliphatic carbocycles. The van der Waals surface area contributed by atoms with Crippen LogP contribution in [0.5, 0.6) is 0 Å². The predicted octanol–water partition coefficient (Wildman–Crippen LogP) is 2.56. The minimum atomic E-state index is -3.09. The molecule has 0 bridgehead atoms. The molecule has 1 rings (SSSR count). The lowest BCUT2D eigenvalue weighted by Crippen LogP contribution is -2.07. The van der Waals surface area contributed by atoms with Gasteiger partial charge in [-0.3, -0.25) is 4.57 Å². The second kappa shape index (κ2) is 4.38. The third-order valence-corrected chi connectivity index (χ3v) is 3.97. The lowest BCUT2D eigenvalue weighted by atomic mass is 10.4. The molecule has 0 saturated heterocycles. The maximum absolute atomic E-state index is 11.8. The van der Waals surface area contributed by atoms with E-state index in [4.69, 9.17) is 9.05 Å². The van der Waals surface area contributed by atoms with Gasteiger partial charge in [-0.05, 0) is 18.2 Å². The molecule has 0 N–H and O–H groups in total. The summed E-state index contributed by atoms with van der Waals surface area (Å²) in [6.07, 6.45) is 0. The van der Waals surface area contributed by atoms with Gasteiger partial charge in [0.2, 0.25) is 0 Å². The zero-order chi connectivity index (χ0) is 9.90. The van der Waals surface area contributed by atoms with Crippen molar-refractivity contribution in [3.63, 3.8) is 0 Å². The van der Waals surface area contributed by atoms with E-state index in [-0.39, 0.29) is 0 Å². The van der Waals surface area contributed by atoms with Crippen molar-refractivity contribution in [3.05, 3.63) is 28.7 Å². The molecule has 0 radical (unpaired) electrons. The smallest absolute Gasteiger partial charge is 0.309 e. The van der Waals surface area contributed by atoms with Gasteiger partial charge < -0.3 is 9.05 Å². The van der Waals surface area contributed by atoms with Gasteiger partial charge in [0, 0.05) is 18.7 Å². The molecule has 1 aromatic rings. The summed E-state index contributed by atoms with van der Waals surface area (Å²) >= 11 is 3.28. The summed E-state index contributed by atoms with van der Waals surface area (Å²) in [5.41, 5.74) is 0. The van der Waals surface area contributed by atoms with Crippen LogP contribution in [0.3, 0.4) is 0 Å². The molecule has 0 aliphatic rings. The Kier molecular flexibility index (Phi) is 3.68. The lowest BCUT2D eigenvalue weighted by molar-refractivity contribution is 0.287. The van der Waals surface area contributed by atoms with Crippen LogP contribution >= 0.6 is 23.5 Å². The van der Waals surface area contributed by atoms with Crippen LogP contribution in [0.25, 0.3) is 0 Å². The average molecular weight is 265 g/mol. The molecule has 72 valence electrons. The lowest BCUT2D eigenvalue weighted by Gasteiger charge is -2.13. The Labute approximate surface area is 85.7 Å². The average Bonchev–Trinajstić information content (AvgIpc) is 2.17. The fourth-order valence-electron chi connectivity index (χ4n) is 0.932. The third-order valence-electron chi connectivity index (χ3n) is 1.61. The molecule has 0 amide bonds. The summed E-state index contributed by atoms with van der Waals surface area (Å²) in [5.74, 6) is 0. The van der Waals surface area contributed by atoms with Gasteiger partial charge in [0.05, 0.1) is 5.30 Å². The van der Waals surface area contributed by atoms with Crippen LogP contribution in [-0.4, -0.2) is 14.2 Å². The van der Waals surface area contributed by atoms with Crippen LogP contribution in [0.15, 0.2) is 28.7 Å². The van der Waals surface area contributed by atoms with Crippen LogP contribution in [0, 0.1) is 0 Å². The van der Waals surface area contributed by atoms with Crippen molar-refractivity contribution in [1.29, 1.82) is 0 Å². The molecule has 0 fully saturated rings. The number of rotatable bonds is 3. The van der Waals surface area contributed by atoms with Gasteiger partial charge in [0.25, 0.3) is 0 Å². The fraction of sp³-hybridized carbons (Fsp3) is 0.250. The van der Waals surface area contributed by atoms with Gasteiger partial charge in [0.15, 0.2) is 0 Å². The normalized spacial score (nSPS) is 11.6. The molecule has 1 aromatic carbocycles. The van der Waals surface area contributed by atoms with Crippen molar-refractivity contribution in [2.45, 2.75) is 0 Å². The first-order valence-corrected chi connectivity index (χ1v) is 5.93. The monoisotopic (exact) mass is 264 g/mol. The second-order valence-corrected chi connectivity index (χ2v) is 5.50. The minimum absolute atomic E-state index is 0.548. The molecule has 0 saturated carbocycles. The van der Waals surface area contributed by atoms with Crippen molar-refractivity contribution >= 4 is 28.8 Å². The summed E-state index contributed by atoms with van der Waals surface area (Å²) < 4.78 is 22.4. The Morgan fingerprint density at radius 1 is 1.31 bits per heavy atom. The Morgan fingerprint density at radius 3 is 2.38 bits per heavy atom. The van der Waals surface area contributed by atoms with E-state index in [0.717, 1.165) is 4.47 Å². The molecule has 0 heterocycles. The number of hydrogen-bond donors (Lipinski definition) is 0. The highest BCUT2D eigenvalue weighted by molar-refractivity contribution is 9.10. The highest BCUT2D eigenvalue weighted by atomic mass is 79.9. The number of benzene rings is 1. The topological polar surface area (TPSA) is 35.5 Å². The van der Waals surface area contributed by atoms with E-state index in [1.54, 1.807) is 18.2 Å². The predicted molar refractivity (Wildman–Crippen MR) is 55.4 cm³/mol. The first kappa shape index (κ1) is 10.9. The van der Waals surface area contributed by atoms with E-state index in [1.165, 1.54) is 14.2 Å². The van der Waals surface area contributed by atoms with E-state index in [9.17, 15) is 4.57 Å². The van der Waals surface area contributed by atoms with Crippen LogP contribution in [-0.2, 0) is 13.6 Å². The second-order valence-electron chi connectivity index (χ2n) is 2.34. The SMILES string of the molecule is COP(=O)(OC)c1cccc(Br)c1. The quantitative estimate of drug-likeness (QED) is 0.788. The fourth-order valence-corrected chi connectivity index (χ4v) is 2.64. The molecule has 3 nitrogen and oxygen atoms in total. The van der Waals surface area contributed by atoms with Gasteiger partial charge >= 0.3 is 7.60 Å². The molecular formula is C8H10BrO3P. The summed E-state index contributed by atoms with van der Waals surface area (Å²) in [5, 5.41) is 0.548. The zero-order valence-corrected chi connectivity index (χ0v) is 9.84. The minimum Gasteiger partial charge on any atom is -0.309 e. The first-order chi connectivity index (χ1) is 6.12. The summed E-state index contributed by atoms with van der Waals surface area (Å²) in [4.78, 5) is 0. The van der Waals surface area contributed by atoms with Gasteiger partial charge in [-0.25, -0.2) is 0 Å². The largest absolute Gasteiger partial charge is 0.360 e. The maximum Gasteiger partial charge on any atom is 0.360 e. The molecule has 0 atom stereocenters. The van der Waals surface area contributed by atoms with Crippen LogP contribution in [0.4, 0.5) is 0 Å². The Balaban J connectivity index is 3.13. The molecule has 5 heteroatoms. The van der Waals surface area contributed by atoms with Gasteiger partial charge in [-0.15, -0.1) is 0 Å².